The number of halogens is 1. The van der Waals surface area contributed by atoms with E-state index < -0.39 is 0 Å². The van der Waals surface area contributed by atoms with E-state index in [1.54, 1.807) is 12.4 Å². The summed E-state index contributed by atoms with van der Waals surface area (Å²) in [4.78, 5) is 12.6. The Hall–Kier alpha value is -1.95. The summed E-state index contributed by atoms with van der Waals surface area (Å²) in [6.45, 7) is 0.373. The van der Waals surface area contributed by atoms with Gasteiger partial charge in [-0.3, -0.25) is 4.40 Å². The lowest BCUT2D eigenvalue weighted by Gasteiger charge is -2.00. The van der Waals surface area contributed by atoms with Crippen molar-refractivity contribution in [3.63, 3.8) is 0 Å². The first kappa shape index (κ1) is 11.2. The Bertz CT molecular complexity index is 668. The summed E-state index contributed by atoms with van der Waals surface area (Å²) in [6, 6.07) is 5.54. The van der Waals surface area contributed by atoms with Crippen molar-refractivity contribution in [3.8, 4) is 5.88 Å². The predicted octanol–water partition coefficient (Wildman–Crippen LogP) is 2.47. The molecule has 5 nitrogen and oxygen atoms in total. The van der Waals surface area contributed by atoms with Crippen molar-refractivity contribution < 1.29 is 4.74 Å². The molecular formula is C12H9BrN4O. The molecule has 18 heavy (non-hydrogen) atoms. The first-order chi connectivity index (χ1) is 8.81. The van der Waals surface area contributed by atoms with Crippen molar-refractivity contribution in [2.75, 3.05) is 0 Å². The van der Waals surface area contributed by atoms with Crippen LogP contribution in [0.4, 0.5) is 0 Å². The van der Waals surface area contributed by atoms with E-state index in [-0.39, 0.29) is 0 Å². The highest BCUT2D eigenvalue weighted by molar-refractivity contribution is 9.10. The van der Waals surface area contributed by atoms with Crippen LogP contribution in [0.3, 0.4) is 0 Å². The van der Waals surface area contributed by atoms with E-state index >= 15 is 0 Å². The van der Waals surface area contributed by atoms with Crippen molar-refractivity contribution in [1.82, 2.24) is 19.4 Å². The van der Waals surface area contributed by atoms with E-state index in [4.69, 9.17) is 4.74 Å². The van der Waals surface area contributed by atoms with Crippen LogP contribution in [-0.4, -0.2) is 19.4 Å². The smallest absolute Gasteiger partial charge is 0.234 e. The maximum atomic E-state index is 5.53. The summed E-state index contributed by atoms with van der Waals surface area (Å²) in [7, 11) is 0. The molecule has 0 aliphatic carbocycles. The summed E-state index contributed by atoms with van der Waals surface area (Å²) in [5.41, 5.74) is 0.811. The second kappa shape index (κ2) is 4.73. The van der Waals surface area contributed by atoms with Gasteiger partial charge in [0.1, 0.15) is 6.61 Å². The maximum Gasteiger partial charge on any atom is 0.234 e. The fraction of sp³-hybridized carbons (Fsp3) is 0.0833. The van der Waals surface area contributed by atoms with Gasteiger partial charge in [0.2, 0.25) is 11.7 Å². The number of rotatable bonds is 3. The molecule has 0 unspecified atom stereocenters. The number of nitrogens with zero attached hydrogens (tertiary/aromatic N) is 4. The zero-order valence-corrected chi connectivity index (χ0v) is 10.9. The van der Waals surface area contributed by atoms with E-state index in [1.807, 2.05) is 35.0 Å². The van der Waals surface area contributed by atoms with Crippen LogP contribution in [0, 0.1) is 0 Å². The Balaban J connectivity index is 1.79. The number of fused-ring (bicyclic) bond motifs is 1. The van der Waals surface area contributed by atoms with Crippen molar-refractivity contribution in [3.05, 3.63) is 53.2 Å². The molecule has 90 valence electrons. The number of hydrogen-bond acceptors (Lipinski definition) is 4. The molecule has 0 aromatic carbocycles. The van der Waals surface area contributed by atoms with E-state index in [0.717, 1.165) is 10.2 Å². The van der Waals surface area contributed by atoms with Gasteiger partial charge in [0, 0.05) is 30.9 Å². The molecule has 0 atom stereocenters. The van der Waals surface area contributed by atoms with Crippen LogP contribution in [0.15, 0.2) is 47.5 Å². The van der Waals surface area contributed by atoms with Gasteiger partial charge in [-0.25, -0.2) is 15.0 Å². The van der Waals surface area contributed by atoms with Gasteiger partial charge in [0.25, 0.3) is 0 Å². The van der Waals surface area contributed by atoms with Crippen LogP contribution in [0.25, 0.3) is 5.78 Å². The monoisotopic (exact) mass is 304 g/mol. The number of ether oxygens (including phenoxy) is 1. The first-order valence-corrected chi connectivity index (χ1v) is 6.13. The average Bonchev–Trinajstić information content (AvgIpc) is 2.79. The normalized spacial score (nSPS) is 10.7. The van der Waals surface area contributed by atoms with Gasteiger partial charge in [-0.05, 0) is 22.0 Å². The van der Waals surface area contributed by atoms with Gasteiger partial charge in [-0.1, -0.05) is 6.07 Å². The molecule has 0 bridgehead atoms. The minimum Gasteiger partial charge on any atom is -0.471 e. The second-order valence-corrected chi connectivity index (χ2v) is 4.58. The van der Waals surface area contributed by atoms with Crippen molar-refractivity contribution in [2.24, 2.45) is 0 Å². The van der Waals surface area contributed by atoms with Gasteiger partial charge in [-0.2, -0.15) is 0 Å². The van der Waals surface area contributed by atoms with Crippen LogP contribution in [0.1, 0.15) is 5.69 Å². The number of pyridine rings is 1. The van der Waals surface area contributed by atoms with Gasteiger partial charge in [0.05, 0.1) is 10.2 Å². The van der Waals surface area contributed by atoms with Gasteiger partial charge < -0.3 is 4.74 Å². The van der Waals surface area contributed by atoms with Crippen LogP contribution in [-0.2, 0) is 6.61 Å². The largest absolute Gasteiger partial charge is 0.471 e. The second-order valence-electron chi connectivity index (χ2n) is 3.67. The average molecular weight is 305 g/mol. The van der Waals surface area contributed by atoms with Crippen molar-refractivity contribution >= 4 is 21.7 Å². The van der Waals surface area contributed by atoms with Crippen LogP contribution in [0.5, 0.6) is 5.88 Å². The number of hydrogen-bond donors (Lipinski definition) is 0. The van der Waals surface area contributed by atoms with Gasteiger partial charge >= 0.3 is 0 Å². The molecule has 0 aliphatic rings. The summed E-state index contributed by atoms with van der Waals surface area (Å²) in [6.07, 6.45) is 7.19. The fourth-order valence-electron chi connectivity index (χ4n) is 1.56. The zero-order chi connectivity index (χ0) is 12.4. The highest BCUT2D eigenvalue weighted by Crippen LogP contribution is 2.11. The molecule has 3 aromatic rings. The standard InChI is InChI=1S/C12H9BrN4O/c13-9-5-15-12-16-10(7-17(12)6-9)8-18-11-3-1-2-4-14-11/h1-7H,8H2. The molecule has 0 amide bonds. The van der Waals surface area contributed by atoms with E-state index in [9.17, 15) is 0 Å². The van der Waals surface area contributed by atoms with Crippen molar-refractivity contribution in [1.29, 1.82) is 0 Å². The molecule has 0 aliphatic heterocycles. The first-order valence-electron chi connectivity index (χ1n) is 5.34. The Morgan fingerprint density at radius 2 is 2.17 bits per heavy atom. The molecule has 3 heterocycles. The quantitative estimate of drug-likeness (QED) is 0.746. The SMILES string of the molecule is Brc1cnc2nc(COc3ccccn3)cn2c1. The lowest BCUT2D eigenvalue weighted by Crippen LogP contribution is -1.96. The summed E-state index contributed by atoms with van der Waals surface area (Å²) < 4.78 is 8.28. The number of imidazole rings is 1. The molecule has 0 spiro atoms. The number of aromatic nitrogens is 4. The molecule has 3 rings (SSSR count). The van der Waals surface area contributed by atoms with Crippen LogP contribution < -0.4 is 4.74 Å². The molecule has 0 saturated carbocycles. The third kappa shape index (κ3) is 2.33. The Kier molecular flexibility index (Phi) is 2.93. The van der Waals surface area contributed by atoms with E-state index in [1.165, 1.54) is 0 Å². The molecule has 0 saturated heterocycles. The topological polar surface area (TPSA) is 52.3 Å². The predicted molar refractivity (Wildman–Crippen MR) is 69.3 cm³/mol. The Labute approximate surface area is 112 Å². The maximum absolute atomic E-state index is 5.53. The van der Waals surface area contributed by atoms with Gasteiger partial charge in [-0.15, -0.1) is 0 Å². The highest BCUT2D eigenvalue weighted by Gasteiger charge is 2.04. The molecule has 0 radical (unpaired) electrons. The van der Waals surface area contributed by atoms with Crippen LogP contribution >= 0.6 is 15.9 Å². The Morgan fingerprint density at radius 3 is 3.00 bits per heavy atom. The molecule has 6 heteroatoms. The lowest BCUT2D eigenvalue weighted by molar-refractivity contribution is 0.290. The third-order valence-electron chi connectivity index (χ3n) is 2.33. The van der Waals surface area contributed by atoms with Gasteiger partial charge in [0.15, 0.2) is 0 Å². The molecule has 3 aromatic heterocycles. The zero-order valence-electron chi connectivity index (χ0n) is 9.32. The molecular weight excluding hydrogens is 296 g/mol. The summed E-state index contributed by atoms with van der Waals surface area (Å²) in [5, 5.41) is 0. The minimum atomic E-state index is 0.373. The van der Waals surface area contributed by atoms with Crippen molar-refractivity contribution in [2.45, 2.75) is 6.61 Å². The summed E-state index contributed by atoms with van der Waals surface area (Å²) in [5.74, 6) is 1.24. The fourth-order valence-corrected chi connectivity index (χ4v) is 1.88. The Morgan fingerprint density at radius 1 is 1.22 bits per heavy atom. The van der Waals surface area contributed by atoms with E-state index in [0.29, 0.717) is 18.3 Å². The summed E-state index contributed by atoms with van der Waals surface area (Å²) >= 11 is 3.37. The minimum absolute atomic E-state index is 0.373. The molecule has 0 fully saturated rings. The lowest BCUT2D eigenvalue weighted by atomic mass is 10.5. The third-order valence-corrected chi connectivity index (χ3v) is 2.74. The van der Waals surface area contributed by atoms with Crippen LogP contribution in [0.2, 0.25) is 0 Å². The molecule has 0 N–H and O–H groups in total. The highest BCUT2D eigenvalue weighted by atomic mass is 79.9. The van der Waals surface area contributed by atoms with E-state index in [2.05, 4.69) is 30.9 Å².